The molecule has 4 nitrogen and oxygen atoms in total. The van der Waals surface area contributed by atoms with Gasteiger partial charge in [0.1, 0.15) is 6.04 Å². The highest BCUT2D eigenvalue weighted by atomic mass is 16.3. The van der Waals surface area contributed by atoms with Crippen LogP contribution < -0.4 is 5.32 Å². The highest BCUT2D eigenvalue weighted by molar-refractivity contribution is 5.82. The first-order chi connectivity index (χ1) is 9.72. The molecule has 0 spiro atoms. The summed E-state index contributed by atoms with van der Waals surface area (Å²) in [7, 11) is 0. The number of aliphatic hydroxyl groups is 1. The van der Waals surface area contributed by atoms with E-state index < -0.39 is 18.1 Å². The van der Waals surface area contributed by atoms with Crippen molar-refractivity contribution in [2.45, 2.75) is 12.1 Å². The van der Waals surface area contributed by atoms with E-state index in [1.54, 1.807) is 54.6 Å². The number of aliphatic hydroxyl groups excluding tert-OH is 1. The van der Waals surface area contributed by atoms with Gasteiger partial charge in [0.2, 0.25) is 0 Å². The summed E-state index contributed by atoms with van der Waals surface area (Å²) in [6, 6.07) is 18.8. The Morgan fingerprint density at radius 1 is 1.00 bits per heavy atom. The third kappa shape index (κ3) is 3.22. The van der Waals surface area contributed by atoms with Gasteiger partial charge in [0.25, 0.3) is 5.91 Å². The lowest BCUT2D eigenvalue weighted by Crippen LogP contribution is -2.32. The minimum absolute atomic E-state index is 0.495. The average Bonchev–Trinajstić information content (AvgIpc) is 2.53. The van der Waals surface area contributed by atoms with E-state index in [1.807, 2.05) is 12.1 Å². The van der Waals surface area contributed by atoms with E-state index in [-0.39, 0.29) is 0 Å². The molecule has 0 heterocycles. The molecule has 0 fully saturated rings. The Kier molecular flexibility index (Phi) is 4.48. The van der Waals surface area contributed by atoms with Crippen LogP contribution in [0.3, 0.4) is 0 Å². The van der Waals surface area contributed by atoms with E-state index >= 15 is 0 Å². The van der Waals surface area contributed by atoms with Crippen LogP contribution >= 0.6 is 0 Å². The molecule has 0 aromatic heterocycles. The maximum absolute atomic E-state index is 12.0. The van der Waals surface area contributed by atoms with Gasteiger partial charge < -0.3 is 10.4 Å². The average molecular weight is 266 g/mol. The van der Waals surface area contributed by atoms with Crippen molar-refractivity contribution >= 4 is 5.91 Å². The fourth-order valence-electron chi connectivity index (χ4n) is 1.84. The van der Waals surface area contributed by atoms with Crippen LogP contribution in [0.5, 0.6) is 0 Å². The number of carbonyl (C=O) groups is 1. The normalized spacial score (nSPS) is 13.0. The number of rotatable bonds is 4. The molecule has 0 bridgehead atoms. The molecule has 100 valence electrons. The molecule has 1 amide bonds. The summed E-state index contributed by atoms with van der Waals surface area (Å²) in [5.41, 5.74) is 1.18. The van der Waals surface area contributed by atoms with Crippen LogP contribution in [0.1, 0.15) is 23.3 Å². The molecular weight excluding hydrogens is 252 g/mol. The van der Waals surface area contributed by atoms with Crippen LogP contribution in [0, 0.1) is 11.3 Å². The van der Waals surface area contributed by atoms with Crippen molar-refractivity contribution in [1.82, 2.24) is 5.32 Å². The highest BCUT2D eigenvalue weighted by Crippen LogP contribution is 2.16. The number of hydrogen-bond donors (Lipinski definition) is 2. The monoisotopic (exact) mass is 266 g/mol. The standard InChI is InChI=1S/C16H14N2O2/c17-11-14(12-7-3-1-4-8-12)18-16(20)15(19)13-9-5-2-6-10-13/h1-10,14-15,19H,(H,18,20). The molecule has 0 saturated heterocycles. The van der Waals surface area contributed by atoms with Crippen molar-refractivity contribution in [1.29, 1.82) is 5.26 Å². The topological polar surface area (TPSA) is 73.1 Å². The van der Waals surface area contributed by atoms with Gasteiger partial charge in [-0.25, -0.2) is 0 Å². The molecule has 2 unspecified atom stereocenters. The summed E-state index contributed by atoms with van der Waals surface area (Å²) in [5, 5.41) is 21.6. The lowest BCUT2D eigenvalue weighted by Gasteiger charge is -2.15. The maximum Gasteiger partial charge on any atom is 0.254 e. The van der Waals surface area contributed by atoms with E-state index in [0.29, 0.717) is 11.1 Å². The molecule has 0 radical (unpaired) electrons. The lowest BCUT2D eigenvalue weighted by molar-refractivity contribution is -0.130. The van der Waals surface area contributed by atoms with Gasteiger partial charge in [-0.05, 0) is 11.1 Å². The number of amides is 1. The van der Waals surface area contributed by atoms with Gasteiger partial charge in [0.05, 0.1) is 6.07 Å². The first-order valence-corrected chi connectivity index (χ1v) is 6.20. The smallest absolute Gasteiger partial charge is 0.254 e. The Balaban J connectivity index is 2.09. The molecule has 2 atom stereocenters. The second-order valence-electron chi connectivity index (χ2n) is 4.29. The summed E-state index contributed by atoms with van der Waals surface area (Å²) in [6.07, 6.45) is -1.28. The Labute approximate surface area is 117 Å². The van der Waals surface area contributed by atoms with E-state index in [0.717, 1.165) is 0 Å². The first kappa shape index (κ1) is 13.8. The first-order valence-electron chi connectivity index (χ1n) is 6.20. The molecule has 20 heavy (non-hydrogen) atoms. The second-order valence-corrected chi connectivity index (χ2v) is 4.29. The van der Waals surface area contributed by atoms with Crippen LogP contribution in [0.4, 0.5) is 0 Å². The van der Waals surface area contributed by atoms with E-state index in [1.165, 1.54) is 0 Å². The molecule has 0 aliphatic carbocycles. The van der Waals surface area contributed by atoms with Gasteiger partial charge in [0.15, 0.2) is 6.10 Å². The summed E-state index contributed by atoms with van der Waals surface area (Å²) >= 11 is 0. The van der Waals surface area contributed by atoms with Crippen molar-refractivity contribution < 1.29 is 9.90 Å². The van der Waals surface area contributed by atoms with Crippen molar-refractivity contribution in [2.75, 3.05) is 0 Å². The van der Waals surface area contributed by atoms with Gasteiger partial charge in [-0.3, -0.25) is 4.79 Å². The van der Waals surface area contributed by atoms with Crippen LogP contribution in [-0.2, 0) is 4.79 Å². The fourth-order valence-corrected chi connectivity index (χ4v) is 1.84. The molecule has 2 aromatic carbocycles. The number of hydrogen-bond acceptors (Lipinski definition) is 3. The lowest BCUT2D eigenvalue weighted by atomic mass is 10.1. The third-order valence-corrected chi connectivity index (χ3v) is 2.91. The molecule has 2 aromatic rings. The fraction of sp³-hybridized carbons (Fsp3) is 0.125. The second kappa shape index (κ2) is 6.50. The SMILES string of the molecule is N#CC(NC(=O)C(O)c1ccccc1)c1ccccc1. The van der Waals surface area contributed by atoms with Gasteiger partial charge in [-0.1, -0.05) is 60.7 Å². The molecule has 0 aliphatic heterocycles. The molecule has 0 aliphatic rings. The van der Waals surface area contributed by atoms with E-state index in [9.17, 15) is 9.90 Å². The quantitative estimate of drug-likeness (QED) is 0.890. The van der Waals surface area contributed by atoms with Crippen LogP contribution in [0.15, 0.2) is 60.7 Å². The molecule has 2 rings (SSSR count). The molecule has 4 heteroatoms. The minimum Gasteiger partial charge on any atom is -0.378 e. The van der Waals surface area contributed by atoms with Crippen molar-refractivity contribution in [2.24, 2.45) is 0 Å². The largest absolute Gasteiger partial charge is 0.378 e. The maximum atomic E-state index is 12.0. The minimum atomic E-state index is -1.28. The number of carbonyl (C=O) groups excluding carboxylic acids is 1. The highest BCUT2D eigenvalue weighted by Gasteiger charge is 2.21. The van der Waals surface area contributed by atoms with Crippen molar-refractivity contribution in [3.05, 3.63) is 71.8 Å². The summed E-state index contributed by atoms with van der Waals surface area (Å²) in [5.74, 6) is -0.591. The van der Waals surface area contributed by atoms with E-state index in [4.69, 9.17) is 5.26 Å². The summed E-state index contributed by atoms with van der Waals surface area (Å²) < 4.78 is 0. The number of benzene rings is 2. The van der Waals surface area contributed by atoms with Crippen molar-refractivity contribution in [3.63, 3.8) is 0 Å². The summed E-state index contributed by atoms with van der Waals surface area (Å²) in [6.45, 7) is 0. The van der Waals surface area contributed by atoms with Crippen molar-refractivity contribution in [3.8, 4) is 6.07 Å². The Morgan fingerprint density at radius 2 is 1.50 bits per heavy atom. The van der Waals surface area contributed by atoms with E-state index in [2.05, 4.69) is 5.32 Å². The molecule has 0 saturated carbocycles. The zero-order chi connectivity index (χ0) is 14.4. The van der Waals surface area contributed by atoms with Gasteiger partial charge in [-0.2, -0.15) is 5.26 Å². The van der Waals surface area contributed by atoms with Gasteiger partial charge >= 0.3 is 0 Å². The van der Waals surface area contributed by atoms with Crippen LogP contribution in [0.25, 0.3) is 0 Å². The number of nitrogens with zero attached hydrogens (tertiary/aromatic N) is 1. The van der Waals surface area contributed by atoms with Gasteiger partial charge in [-0.15, -0.1) is 0 Å². The van der Waals surface area contributed by atoms with Crippen LogP contribution in [0.2, 0.25) is 0 Å². The molecule has 2 N–H and O–H groups in total. The Bertz CT molecular complexity index is 605. The zero-order valence-electron chi connectivity index (χ0n) is 10.7. The van der Waals surface area contributed by atoms with Gasteiger partial charge in [0, 0.05) is 0 Å². The number of nitrogens with one attached hydrogen (secondary N) is 1. The predicted molar refractivity (Wildman–Crippen MR) is 74.3 cm³/mol. The Morgan fingerprint density at radius 3 is 2.00 bits per heavy atom. The number of nitriles is 1. The predicted octanol–water partition coefficient (Wildman–Crippen LogP) is 2.10. The molecular formula is C16H14N2O2. The summed E-state index contributed by atoms with van der Waals surface area (Å²) in [4.78, 5) is 12.0. The third-order valence-electron chi connectivity index (χ3n) is 2.91. The van der Waals surface area contributed by atoms with Crippen LogP contribution in [-0.4, -0.2) is 11.0 Å². The Hall–Kier alpha value is -2.64. The zero-order valence-corrected chi connectivity index (χ0v) is 10.7.